The van der Waals surface area contributed by atoms with Crippen LogP contribution in [0.2, 0.25) is 0 Å². The van der Waals surface area contributed by atoms with Crippen LogP contribution in [0.4, 0.5) is 5.69 Å². The topological polar surface area (TPSA) is 20.3 Å². The number of carbonyl (C=O) groups excluding carboxylic acids is 1. The van der Waals surface area contributed by atoms with Gasteiger partial charge in [0, 0.05) is 12.0 Å². The number of fused-ring (bicyclic) bond motifs is 3. The van der Waals surface area contributed by atoms with Crippen molar-refractivity contribution >= 4 is 17.2 Å². The van der Waals surface area contributed by atoms with Crippen LogP contribution in [0, 0.1) is 6.92 Å². The highest BCUT2D eigenvalue weighted by molar-refractivity contribution is 6.05. The van der Waals surface area contributed by atoms with Crippen molar-refractivity contribution < 1.29 is 4.79 Å². The number of aryl methyl sites for hydroxylation is 1. The molecular formula is C26H23NO. The highest BCUT2D eigenvalue weighted by Crippen LogP contribution is 2.47. The fourth-order valence-corrected chi connectivity index (χ4v) is 4.58. The molecule has 0 radical (unpaired) electrons. The van der Waals surface area contributed by atoms with E-state index in [0.29, 0.717) is 6.42 Å². The maximum absolute atomic E-state index is 12.6. The van der Waals surface area contributed by atoms with E-state index in [-0.39, 0.29) is 11.4 Å². The third-order valence-corrected chi connectivity index (χ3v) is 6.05. The summed E-state index contributed by atoms with van der Waals surface area (Å²) < 4.78 is 0. The molecule has 1 fully saturated rings. The molecule has 1 unspecified atom stereocenters. The molecule has 5 rings (SSSR count). The lowest BCUT2D eigenvalue weighted by Crippen LogP contribution is -2.44. The SMILES string of the molecule is Cc1ccc2c(c1)C(c1ccc(-c3ccccc3)cc1)=CC1(C)CCC(=O)N21. The van der Waals surface area contributed by atoms with E-state index < -0.39 is 0 Å². The molecule has 1 atom stereocenters. The minimum atomic E-state index is -0.243. The quantitative estimate of drug-likeness (QED) is 0.546. The Morgan fingerprint density at radius 2 is 1.54 bits per heavy atom. The van der Waals surface area contributed by atoms with Crippen molar-refractivity contribution in [1.29, 1.82) is 0 Å². The predicted octanol–water partition coefficient (Wildman–Crippen LogP) is 5.99. The molecule has 3 aromatic rings. The summed E-state index contributed by atoms with van der Waals surface area (Å²) in [6.45, 7) is 4.29. The van der Waals surface area contributed by atoms with E-state index in [0.717, 1.165) is 17.7 Å². The van der Waals surface area contributed by atoms with Crippen molar-refractivity contribution in [1.82, 2.24) is 0 Å². The van der Waals surface area contributed by atoms with Crippen LogP contribution in [-0.2, 0) is 4.79 Å². The van der Waals surface area contributed by atoms with Gasteiger partial charge in [0.05, 0.1) is 11.2 Å². The Morgan fingerprint density at radius 1 is 0.857 bits per heavy atom. The third kappa shape index (κ3) is 2.60. The van der Waals surface area contributed by atoms with E-state index in [2.05, 4.69) is 86.7 Å². The number of amides is 1. The summed E-state index contributed by atoms with van der Waals surface area (Å²) in [5.41, 5.74) is 8.03. The van der Waals surface area contributed by atoms with Gasteiger partial charge in [0.2, 0.25) is 5.91 Å². The molecule has 1 saturated heterocycles. The molecule has 0 aromatic heterocycles. The van der Waals surface area contributed by atoms with Crippen molar-refractivity contribution in [2.45, 2.75) is 32.2 Å². The minimum Gasteiger partial charge on any atom is -0.302 e. The number of carbonyl (C=O) groups is 1. The lowest BCUT2D eigenvalue weighted by atomic mass is 9.83. The third-order valence-electron chi connectivity index (χ3n) is 6.05. The molecule has 0 spiro atoms. The average molecular weight is 365 g/mol. The number of rotatable bonds is 2. The summed E-state index contributed by atoms with van der Waals surface area (Å²) in [4.78, 5) is 14.6. The molecule has 2 nitrogen and oxygen atoms in total. The highest BCUT2D eigenvalue weighted by Gasteiger charge is 2.44. The van der Waals surface area contributed by atoms with Gasteiger partial charge in [-0.25, -0.2) is 0 Å². The van der Waals surface area contributed by atoms with Crippen LogP contribution in [0.25, 0.3) is 16.7 Å². The molecule has 0 saturated carbocycles. The summed E-state index contributed by atoms with van der Waals surface area (Å²) in [5, 5.41) is 0. The molecule has 3 aromatic carbocycles. The Balaban J connectivity index is 1.63. The van der Waals surface area contributed by atoms with Crippen molar-refractivity contribution in [2.24, 2.45) is 0 Å². The summed E-state index contributed by atoms with van der Waals surface area (Å²) in [7, 11) is 0. The monoisotopic (exact) mass is 365 g/mol. The van der Waals surface area contributed by atoms with Crippen LogP contribution < -0.4 is 4.90 Å². The largest absolute Gasteiger partial charge is 0.302 e. The number of anilines is 1. The first-order chi connectivity index (χ1) is 13.5. The van der Waals surface area contributed by atoms with E-state index >= 15 is 0 Å². The van der Waals surface area contributed by atoms with Crippen LogP contribution >= 0.6 is 0 Å². The second kappa shape index (κ2) is 6.20. The van der Waals surface area contributed by atoms with Crippen molar-refractivity contribution in [3.63, 3.8) is 0 Å². The van der Waals surface area contributed by atoms with Crippen LogP contribution in [0.15, 0.2) is 78.9 Å². The molecule has 28 heavy (non-hydrogen) atoms. The minimum absolute atomic E-state index is 0.224. The van der Waals surface area contributed by atoms with Gasteiger partial charge in [-0.1, -0.05) is 72.3 Å². The first-order valence-corrected chi connectivity index (χ1v) is 9.88. The molecule has 0 bridgehead atoms. The molecule has 2 aliphatic rings. The first kappa shape index (κ1) is 17.0. The fraction of sp³-hybridized carbons (Fsp3) is 0.192. The molecule has 2 aliphatic heterocycles. The predicted molar refractivity (Wildman–Crippen MR) is 115 cm³/mol. The Labute approximate surface area is 166 Å². The Hall–Kier alpha value is -3.13. The second-order valence-electron chi connectivity index (χ2n) is 8.11. The van der Waals surface area contributed by atoms with Gasteiger partial charge in [-0.15, -0.1) is 0 Å². The second-order valence-corrected chi connectivity index (χ2v) is 8.11. The smallest absolute Gasteiger partial charge is 0.227 e. The van der Waals surface area contributed by atoms with Crippen LogP contribution in [0.1, 0.15) is 36.5 Å². The van der Waals surface area contributed by atoms with Crippen molar-refractivity contribution in [2.75, 3.05) is 4.90 Å². The van der Waals surface area contributed by atoms with E-state index in [9.17, 15) is 4.79 Å². The molecule has 0 N–H and O–H groups in total. The number of benzene rings is 3. The zero-order valence-corrected chi connectivity index (χ0v) is 16.3. The fourth-order valence-electron chi connectivity index (χ4n) is 4.58. The molecular weight excluding hydrogens is 342 g/mol. The van der Waals surface area contributed by atoms with Gasteiger partial charge < -0.3 is 4.90 Å². The Kier molecular flexibility index (Phi) is 3.77. The van der Waals surface area contributed by atoms with E-state index in [1.165, 1.54) is 27.8 Å². The Bertz CT molecular complexity index is 1100. The van der Waals surface area contributed by atoms with Crippen LogP contribution in [0.5, 0.6) is 0 Å². The van der Waals surface area contributed by atoms with E-state index in [1.807, 2.05) is 11.0 Å². The van der Waals surface area contributed by atoms with Crippen LogP contribution in [0.3, 0.4) is 0 Å². The highest BCUT2D eigenvalue weighted by atomic mass is 16.2. The molecule has 138 valence electrons. The maximum Gasteiger partial charge on any atom is 0.227 e. The lowest BCUT2D eigenvalue weighted by molar-refractivity contribution is -0.117. The normalized spacial score (nSPS) is 20.6. The first-order valence-electron chi connectivity index (χ1n) is 9.88. The van der Waals surface area contributed by atoms with E-state index in [4.69, 9.17) is 0 Å². The zero-order valence-electron chi connectivity index (χ0n) is 16.3. The number of nitrogens with zero attached hydrogens (tertiary/aromatic N) is 1. The molecule has 2 heteroatoms. The van der Waals surface area contributed by atoms with Gasteiger partial charge in [0.25, 0.3) is 0 Å². The maximum atomic E-state index is 12.6. The summed E-state index contributed by atoms with van der Waals surface area (Å²) >= 11 is 0. The number of hydrogen-bond acceptors (Lipinski definition) is 1. The lowest BCUT2D eigenvalue weighted by Gasteiger charge is -2.39. The van der Waals surface area contributed by atoms with Gasteiger partial charge in [-0.05, 0) is 54.7 Å². The van der Waals surface area contributed by atoms with Gasteiger partial charge in [0.15, 0.2) is 0 Å². The van der Waals surface area contributed by atoms with Gasteiger partial charge >= 0.3 is 0 Å². The summed E-state index contributed by atoms with van der Waals surface area (Å²) in [6.07, 6.45) is 3.78. The van der Waals surface area contributed by atoms with Gasteiger partial charge in [0.1, 0.15) is 0 Å². The van der Waals surface area contributed by atoms with Gasteiger partial charge in [-0.3, -0.25) is 4.79 Å². The standard InChI is InChI=1S/C26H23NO/c1-18-8-13-24-22(16-18)23(17-26(2)15-14-25(28)27(24)26)21-11-9-20(10-12-21)19-6-4-3-5-7-19/h3-13,16-17H,14-15H2,1-2H3. The van der Waals surface area contributed by atoms with Crippen molar-refractivity contribution in [3.8, 4) is 11.1 Å². The van der Waals surface area contributed by atoms with Crippen LogP contribution in [-0.4, -0.2) is 11.4 Å². The molecule has 0 aliphatic carbocycles. The van der Waals surface area contributed by atoms with Gasteiger partial charge in [-0.2, -0.15) is 0 Å². The van der Waals surface area contributed by atoms with E-state index in [1.54, 1.807) is 0 Å². The zero-order chi connectivity index (χ0) is 19.3. The molecule has 2 heterocycles. The average Bonchev–Trinajstić information content (AvgIpc) is 3.03. The summed E-state index contributed by atoms with van der Waals surface area (Å²) in [5.74, 6) is 0.224. The summed E-state index contributed by atoms with van der Waals surface area (Å²) in [6, 6.07) is 25.7. The Morgan fingerprint density at radius 3 is 2.29 bits per heavy atom. The molecule has 1 amide bonds. The number of hydrogen-bond donors (Lipinski definition) is 0. The van der Waals surface area contributed by atoms with Crippen molar-refractivity contribution in [3.05, 3.63) is 95.6 Å².